The van der Waals surface area contributed by atoms with E-state index in [2.05, 4.69) is 10.2 Å². The monoisotopic (exact) mass is 530 g/mol. The lowest BCUT2D eigenvalue weighted by Gasteiger charge is -2.26. The molecule has 6 rings (SSSR count). The molecule has 4 aromatic rings. The number of carbonyl (C=O) groups excluding carboxylic acids is 1. The smallest absolute Gasteiger partial charge is 0.267 e. The van der Waals surface area contributed by atoms with Gasteiger partial charge in [-0.1, -0.05) is 12.1 Å². The number of nitrogens with zero attached hydrogens (tertiary/aromatic N) is 4. The summed E-state index contributed by atoms with van der Waals surface area (Å²) < 4.78 is 19.4. The average Bonchev–Trinajstić information content (AvgIpc) is 3.42. The Labute approximate surface area is 224 Å². The molecule has 1 saturated heterocycles. The lowest BCUT2D eigenvalue weighted by Crippen LogP contribution is -2.38. The van der Waals surface area contributed by atoms with Crippen LogP contribution in [0.4, 0.5) is 0 Å². The molecular weight excluding hydrogens is 500 g/mol. The molecule has 3 aromatic heterocycles. The number of fused-ring (bicyclic) bond motifs is 3. The molecule has 39 heavy (non-hydrogen) atoms. The first-order valence-corrected chi connectivity index (χ1v) is 13.1. The maximum Gasteiger partial charge on any atom is 0.267 e. The Morgan fingerprint density at radius 1 is 1.08 bits per heavy atom. The molecule has 2 aliphatic rings. The summed E-state index contributed by atoms with van der Waals surface area (Å²) in [6.07, 6.45) is 2.41. The van der Waals surface area contributed by atoms with Gasteiger partial charge in [-0.15, -0.1) is 0 Å². The molecular formula is C28H30N6O5. The molecule has 0 bridgehead atoms. The van der Waals surface area contributed by atoms with E-state index in [4.69, 9.17) is 24.6 Å². The molecule has 202 valence electrons. The van der Waals surface area contributed by atoms with Crippen molar-refractivity contribution in [3.8, 4) is 11.5 Å². The molecule has 1 amide bonds. The van der Waals surface area contributed by atoms with Crippen LogP contribution in [0.5, 0.6) is 11.5 Å². The number of aromatic nitrogens is 3. The molecule has 11 heteroatoms. The van der Waals surface area contributed by atoms with Gasteiger partial charge < -0.3 is 24.1 Å². The van der Waals surface area contributed by atoms with Gasteiger partial charge in [0.05, 0.1) is 24.2 Å². The second-order valence-electron chi connectivity index (χ2n) is 9.78. The van der Waals surface area contributed by atoms with Crippen molar-refractivity contribution in [1.29, 1.82) is 5.41 Å². The molecule has 0 atom stereocenters. The van der Waals surface area contributed by atoms with Gasteiger partial charge in [-0.3, -0.25) is 24.3 Å². The summed E-state index contributed by atoms with van der Waals surface area (Å²) in [6.45, 7) is 6.73. The van der Waals surface area contributed by atoms with Crippen molar-refractivity contribution >= 4 is 22.6 Å². The van der Waals surface area contributed by atoms with Crippen LogP contribution in [0.1, 0.15) is 27.9 Å². The van der Waals surface area contributed by atoms with Crippen LogP contribution in [0.25, 0.3) is 16.7 Å². The fraction of sp³-hybridized carbons (Fsp3) is 0.357. The topological polar surface area (TPSA) is 123 Å². The zero-order valence-electron chi connectivity index (χ0n) is 21.7. The summed E-state index contributed by atoms with van der Waals surface area (Å²) in [5, 5.41) is 12.2. The number of amides is 1. The third kappa shape index (κ3) is 4.86. The van der Waals surface area contributed by atoms with E-state index in [-0.39, 0.29) is 29.9 Å². The van der Waals surface area contributed by atoms with E-state index in [1.54, 1.807) is 22.9 Å². The number of morpholine rings is 1. The number of aryl methyl sites for hydroxylation is 2. The normalized spacial score (nSPS) is 15.2. The quantitative estimate of drug-likeness (QED) is 0.350. The number of benzene rings is 1. The first-order chi connectivity index (χ1) is 19.0. The molecule has 0 unspecified atom stereocenters. The lowest BCUT2D eigenvalue weighted by molar-refractivity contribution is 0.0369. The Morgan fingerprint density at radius 2 is 1.90 bits per heavy atom. The van der Waals surface area contributed by atoms with Gasteiger partial charge in [0.1, 0.15) is 16.8 Å². The maximum atomic E-state index is 13.6. The van der Waals surface area contributed by atoms with Crippen LogP contribution in [0.15, 0.2) is 47.4 Å². The Hall–Kier alpha value is -4.22. The third-order valence-electron chi connectivity index (χ3n) is 7.23. The van der Waals surface area contributed by atoms with Gasteiger partial charge in [0, 0.05) is 38.9 Å². The van der Waals surface area contributed by atoms with Gasteiger partial charge in [0.2, 0.25) is 6.79 Å². The van der Waals surface area contributed by atoms with Gasteiger partial charge >= 0.3 is 0 Å². The Kier molecular flexibility index (Phi) is 6.76. The van der Waals surface area contributed by atoms with Gasteiger partial charge in [0.15, 0.2) is 11.5 Å². The van der Waals surface area contributed by atoms with Crippen LogP contribution >= 0.6 is 0 Å². The highest BCUT2D eigenvalue weighted by Crippen LogP contribution is 2.32. The summed E-state index contributed by atoms with van der Waals surface area (Å²) in [5.74, 6) is 0.866. The summed E-state index contributed by atoms with van der Waals surface area (Å²) in [6, 6.07) is 10.7. The largest absolute Gasteiger partial charge is 0.454 e. The van der Waals surface area contributed by atoms with Crippen molar-refractivity contribution in [1.82, 2.24) is 24.2 Å². The minimum atomic E-state index is -0.435. The number of hydrogen-bond donors (Lipinski definition) is 2. The Bertz CT molecular complexity index is 1690. The van der Waals surface area contributed by atoms with Crippen LogP contribution in [0.3, 0.4) is 0 Å². The van der Waals surface area contributed by atoms with Crippen LogP contribution in [0.2, 0.25) is 0 Å². The number of carbonyl (C=O) groups is 1. The van der Waals surface area contributed by atoms with E-state index in [0.717, 1.165) is 37.2 Å². The van der Waals surface area contributed by atoms with Crippen molar-refractivity contribution < 1.29 is 19.0 Å². The van der Waals surface area contributed by atoms with E-state index in [9.17, 15) is 9.59 Å². The minimum absolute atomic E-state index is 0.0255. The van der Waals surface area contributed by atoms with E-state index < -0.39 is 5.91 Å². The summed E-state index contributed by atoms with van der Waals surface area (Å²) in [4.78, 5) is 34.0. The third-order valence-corrected chi connectivity index (χ3v) is 7.23. The number of rotatable bonds is 7. The predicted octanol–water partition coefficient (Wildman–Crippen LogP) is 1.82. The predicted molar refractivity (Wildman–Crippen MR) is 143 cm³/mol. The number of nitrogens with one attached hydrogen (secondary N) is 2. The molecule has 1 aromatic carbocycles. The first-order valence-electron chi connectivity index (χ1n) is 13.1. The lowest BCUT2D eigenvalue weighted by atomic mass is 10.1. The van der Waals surface area contributed by atoms with Crippen molar-refractivity contribution in [3.63, 3.8) is 0 Å². The Balaban J connectivity index is 1.35. The highest BCUT2D eigenvalue weighted by Gasteiger charge is 2.19. The number of ether oxygens (including phenoxy) is 3. The van der Waals surface area contributed by atoms with E-state index in [1.165, 1.54) is 10.5 Å². The molecule has 0 radical (unpaired) electrons. The van der Waals surface area contributed by atoms with Gasteiger partial charge in [-0.05, 0) is 48.7 Å². The van der Waals surface area contributed by atoms with Crippen molar-refractivity contribution in [2.45, 2.75) is 26.4 Å². The maximum absolute atomic E-state index is 13.6. The van der Waals surface area contributed by atoms with Crippen molar-refractivity contribution in [3.05, 3.63) is 75.1 Å². The fourth-order valence-corrected chi connectivity index (χ4v) is 5.09. The highest BCUT2D eigenvalue weighted by atomic mass is 16.7. The fourth-order valence-electron chi connectivity index (χ4n) is 5.09. The number of hydrogen-bond acceptors (Lipinski definition) is 8. The van der Waals surface area contributed by atoms with E-state index in [1.807, 2.05) is 25.1 Å². The zero-order valence-corrected chi connectivity index (χ0v) is 21.7. The zero-order chi connectivity index (χ0) is 26.9. The summed E-state index contributed by atoms with van der Waals surface area (Å²) in [7, 11) is 0. The SMILES string of the molecule is Cc1cccn2c(=O)c3cc(C(=O)NCc4ccc5c(c4)OCO5)c(=N)n(CCCN4CCOCC4)c3nc12. The Morgan fingerprint density at radius 3 is 2.74 bits per heavy atom. The van der Waals surface area contributed by atoms with E-state index >= 15 is 0 Å². The second kappa shape index (κ2) is 10.5. The summed E-state index contributed by atoms with van der Waals surface area (Å²) >= 11 is 0. The van der Waals surface area contributed by atoms with Crippen LogP contribution in [0, 0.1) is 12.3 Å². The first kappa shape index (κ1) is 25.1. The molecule has 0 spiro atoms. The van der Waals surface area contributed by atoms with Gasteiger partial charge in [0.25, 0.3) is 11.5 Å². The second-order valence-corrected chi connectivity index (χ2v) is 9.78. The molecule has 1 fully saturated rings. The molecule has 5 heterocycles. The molecule has 0 saturated carbocycles. The highest BCUT2D eigenvalue weighted by molar-refractivity contribution is 5.96. The van der Waals surface area contributed by atoms with Crippen molar-refractivity contribution in [2.24, 2.45) is 0 Å². The van der Waals surface area contributed by atoms with Crippen molar-refractivity contribution in [2.75, 3.05) is 39.6 Å². The van der Waals surface area contributed by atoms with E-state index in [0.29, 0.717) is 47.9 Å². The van der Waals surface area contributed by atoms with Gasteiger partial charge in [-0.2, -0.15) is 0 Å². The molecule has 2 N–H and O–H groups in total. The summed E-state index contributed by atoms with van der Waals surface area (Å²) in [5.41, 5.74) is 2.52. The standard InChI is InChI=1S/C28H30N6O5/c1-18-4-2-8-34-25(18)31-26-21(28(34)36)15-20(24(29)33(26)9-3-7-32-10-12-37-13-11-32)27(35)30-16-19-5-6-22-23(14-19)39-17-38-22/h2,4-6,8,14-15,29H,3,7,9-13,16-17H2,1H3,(H,30,35). The van der Waals surface area contributed by atoms with Crippen LogP contribution in [-0.2, 0) is 17.8 Å². The van der Waals surface area contributed by atoms with Crippen LogP contribution < -0.4 is 25.8 Å². The molecule has 2 aliphatic heterocycles. The molecule has 0 aliphatic carbocycles. The minimum Gasteiger partial charge on any atom is -0.454 e. The average molecular weight is 531 g/mol. The van der Waals surface area contributed by atoms with Crippen LogP contribution in [-0.4, -0.2) is 64.4 Å². The molecule has 11 nitrogen and oxygen atoms in total. The van der Waals surface area contributed by atoms with Gasteiger partial charge in [-0.25, -0.2) is 4.98 Å². The number of pyridine rings is 2.